The number of amides is 2. The van der Waals surface area contributed by atoms with Crippen LogP contribution in [0.2, 0.25) is 0 Å². The van der Waals surface area contributed by atoms with Crippen LogP contribution in [0.4, 0.5) is 4.79 Å². The molecule has 1 heterocycles. The molecule has 1 aliphatic heterocycles. The van der Waals surface area contributed by atoms with Crippen molar-refractivity contribution in [2.75, 3.05) is 33.2 Å². The van der Waals surface area contributed by atoms with Crippen molar-refractivity contribution in [3.8, 4) is 0 Å². The van der Waals surface area contributed by atoms with E-state index in [-0.39, 0.29) is 12.1 Å². The summed E-state index contributed by atoms with van der Waals surface area (Å²) in [6, 6.07) is 10.7. The summed E-state index contributed by atoms with van der Waals surface area (Å²) in [5.74, 6) is 0. The van der Waals surface area contributed by atoms with E-state index in [9.17, 15) is 4.79 Å². The first-order valence-electron chi connectivity index (χ1n) is 6.50. The maximum Gasteiger partial charge on any atom is 0.319 e. The first kappa shape index (κ1) is 12.9. The maximum absolute atomic E-state index is 11.9. The van der Waals surface area contributed by atoms with Crippen molar-refractivity contribution in [1.29, 1.82) is 0 Å². The van der Waals surface area contributed by atoms with Gasteiger partial charge in [-0.3, -0.25) is 0 Å². The zero-order valence-electron chi connectivity index (χ0n) is 11.1. The first-order chi connectivity index (χ1) is 8.72. The number of rotatable bonds is 5. The average Bonchev–Trinajstić information content (AvgIpc) is 2.71. The van der Waals surface area contributed by atoms with Crippen LogP contribution in [0.25, 0.3) is 0 Å². The third-order valence-electron chi connectivity index (χ3n) is 3.36. The minimum Gasteiger partial charge on any atom is -0.326 e. The Morgan fingerprint density at radius 2 is 2.00 bits per heavy atom. The maximum atomic E-state index is 11.9. The summed E-state index contributed by atoms with van der Waals surface area (Å²) in [7, 11) is 1.85. The van der Waals surface area contributed by atoms with E-state index in [1.54, 1.807) is 4.90 Å². The van der Waals surface area contributed by atoms with Gasteiger partial charge in [0.1, 0.15) is 0 Å². The van der Waals surface area contributed by atoms with Crippen molar-refractivity contribution in [2.24, 2.45) is 0 Å². The second kappa shape index (κ2) is 5.87. The summed E-state index contributed by atoms with van der Waals surface area (Å²) in [4.78, 5) is 15.6. The molecule has 0 aromatic heterocycles. The molecular formula is C14H21N3O. The van der Waals surface area contributed by atoms with Crippen molar-refractivity contribution in [3.63, 3.8) is 0 Å². The zero-order chi connectivity index (χ0) is 13.0. The number of urea groups is 1. The highest BCUT2D eigenvalue weighted by molar-refractivity contribution is 5.76. The predicted molar refractivity (Wildman–Crippen MR) is 72.5 cm³/mol. The monoisotopic (exact) mass is 247 g/mol. The minimum atomic E-state index is 0.133. The van der Waals surface area contributed by atoms with Gasteiger partial charge in [-0.15, -0.1) is 0 Å². The smallest absolute Gasteiger partial charge is 0.319 e. The molecule has 1 N–H and O–H groups in total. The Morgan fingerprint density at radius 1 is 1.28 bits per heavy atom. The molecule has 0 radical (unpaired) electrons. The molecule has 2 rings (SSSR count). The Kier molecular flexibility index (Phi) is 4.20. The van der Waals surface area contributed by atoms with Crippen LogP contribution in [-0.4, -0.2) is 49.1 Å². The quantitative estimate of drug-likeness (QED) is 0.859. The van der Waals surface area contributed by atoms with E-state index in [1.165, 1.54) is 5.56 Å². The largest absolute Gasteiger partial charge is 0.326 e. The van der Waals surface area contributed by atoms with Crippen molar-refractivity contribution >= 4 is 6.03 Å². The molecule has 0 spiro atoms. The summed E-state index contributed by atoms with van der Waals surface area (Å²) in [6.45, 7) is 5.38. The number of hydrogen-bond acceptors (Lipinski definition) is 2. The van der Waals surface area contributed by atoms with Gasteiger partial charge in [-0.1, -0.05) is 37.3 Å². The fraction of sp³-hybridized carbons (Fsp3) is 0.500. The van der Waals surface area contributed by atoms with E-state index in [0.29, 0.717) is 0 Å². The Morgan fingerprint density at radius 3 is 2.56 bits per heavy atom. The van der Waals surface area contributed by atoms with Gasteiger partial charge in [0.25, 0.3) is 0 Å². The van der Waals surface area contributed by atoms with Gasteiger partial charge in [0, 0.05) is 32.7 Å². The Hall–Kier alpha value is -1.55. The number of nitrogens with zero attached hydrogens (tertiary/aromatic N) is 2. The van der Waals surface area contributed by atoms with E-state index in [0.717, 1.165) is 26.2 Å². The second-order valence-electron chi connectivity index (χ2n) is 4.67. The lowest BCUT2D eigenvalue weighted by molar-refractivity contribution is 0.194. The SMILES string of the molecule is CCNC(CN1CCN(C)C1=O)c1ccccc1. The standard InChI is InChI=1S/C14H21N3O/c1-3-15-13(12-7-5-4-6-8-12)11-17-10-9-16(2)14(17)18/h4-8,13,15H,3,9-11H2,1-2H3. The highest BCUT2D eigenvalue weighted by Gasteiger charge is 2.27. The molecule has 1 unspecified atom stereocenters. The molecule has 1 aromatic carbocycles. The van der Waals surface area contributed by atoms with E-state index >= 15 is 0 Å². The molecule has 98 valence electrons. The predicted octanol–water partition coefficient (Wildman–Crippen LogP) is 1.70. The highest BCUT2D eigenvalue weighted by Crippen LogP contribution is 2.16. The molecule has 0 bridgehead atoms. The minimum absolute atomic E-state index is 0.133. The molecule has 4 nitrogen and oxygen atoms in total. The molecule has 0 saturated carbocycles. The second-order valence-corrected chi connectivity index (χ2v) is 4.67. The lowest BCUT2D eigenvalue weighted by Crippen LogP contribution is -2.37. The molecule has 4 heteroatoms. The fourth-order valence-corrected chi connectivity index (χ4v) is 2.31. The van der Waals surface area contributed by atoms with Gasteiger partial charge in [-0.2, -0.15) is 0 Å². The summed E-state index contributed by atoms with van der Waals surface area (Å²) in [6.07, 6.45) is 0. The van der Waals surface area contributed by atoms with E-state index in [2.05, 4.69) is 24.4 Å². The highest BCUT2D eigenvalue weighted by atomic mass is 16.2. The zero-order valence-corrected chi connectivity index (χ0v) is 11.1. The van der Waals surface area contributed by atoms with Crippen molar-refractivity contribution in [1.82, 2.24) is 15.1 Å². The van der Waals surface area contributed by atoms with Gasteiger partial charge in [-0.05, 0) is 12.1 Å². The van der Waals surface area contributed by atoms with Crippen LogP contribution in [-0.2, 0) is 0 Å². The normalized spacial score (nSPS) is 17.3. The molecule has 18 heavy (non-hydrogen) atoms. The van der Waals surface area contributed by atoms with E-state index in [4.69, 9.17) is 0 Å². The lowest BCUT2D eigenvalue weighted by Gasteiger charge is -2.24. The Bertz CT molecular complexity index is 393. The fourth-order valence-electron chi connectivity index (χ4n) is 2.31. The summed E-state index contributed by atoms with van der Waals surface area (Å²) in [5, 5.41) is 3.45. The molecule has 1 fully saturated rings. The van der Waals surface area contributed by atoms with Crippen LogP contribution in [0.15, 0.2) is 30.3 Å². The lowest BCUT2D eigenvalue weighted by atomic mass is 10.1. The third kappa shape index (κ3) is 2.82. The van der Waals surface area contributed by atoms with Gasteiger partial charge in [-0.25, -0.2) is 4.79 Å². The molecule has 1 aromatic rings. The molecule has 1 atom stereocenters. The number of likely N-dealkylation sites (N-methyl/N-ethyl adjacent to an activating group) is 2. The third-order valence-corrected chi connectivity index (χ3v) is 3.36. The summed E-state index contributed by atoms with van der Waals surface area (Å²) < 4.78 is 0. The average molecular weight is 247 g/mol. The van der Waals surface area contributed by atoms with Crippen molar-refractivity contribution in [3.05, 3.63) is 35.9 Å². The topological polar surface area (TPSA) is 35.6 Å². The Labute approximate surface area is 109 Å². The van der Waals surface area contributed by atoms with Crippen LogP contribution in [0.5, 0.6) is 0 Å². The number of nitrogens with one attached hydrogen (secondary N) is 1. The van der Waals surface area contributed by atoms with Crippen LogP contribution < -0.4 is 5.32 Å². The van der Waals surface area contributed by atoms with E-state index < -0.39 is 0 Å². The number of carbonyl (C=O) groups excluding carboxylic acids is 1. The number of benzene rings is 1. The molecule has 1 aliphatic rings. The van der Waals surface area contributed by atoms with Crippen LogP contribution in [0.3, 0.4) is 0 Å². The molecule has 2 amide bonds. The molecular weight excluding hydrogens is 226 g/mol. The first-order valence-corrected chi connectivity index (χ1v) is 6.50. The summed E-state index contributed by atoms with van der Waals surface area (Å²) >= 11 is 0. The van der Waals surface area contributed by atoms with Crippen molar-refractivity contribution < 1.29 is 4.79 Å². The molecule has 1 saturated heterocycles. The van der Waals surface area contributed by atoms with Crippen LogP contribution >= 0.6 is 0 Å². The summed E-state index contributed by atoms with van der Waals surface area (Å²) in [5.41, 5.74) is 1.24. The van der Waals surface area contributed by atoms with Gasteiger partial charge in [0.15, 0.2) is 0 Å². The van der Waals surface area contributed by atoms with Crippen LogP contribution in [0, 0.1) is 0 Å². The van der Waals surface area contributed by atoms with Gasteiger partial charge in [0.05, 0.1) is 0 Å². The molecule has 0 aliphatic carbocycles. The van der Waals surface area contributed by atoms with E-state index in [1.807, 2.05) is 30.1 Å². The number of carbonyl (C=O) groups is 1. The van der Waals surface area contributed by atoms with Crippen LogP contribution in [0.1, 0.15) is 18.5 Å². The Balaban J connectivity index is 2.05. The van der Waals surface area contributed by atoms with Crippen molar-refractivity contribution in [2.45, 2.75) is 13.0 Å². The van der Waals surface area contributed by atoms with Gasteiger partial charge >= 0.3 is 6.03 Å². The van der Waals surface area contributed by atoms with Gasteiger partial charge < -0.3 is 15.1 Å². The van der Waals surface area contributed by atoms with Gasteiger partial charge in [0.2, 0.25) is 0 Å². The number of hydrogen-bond donors (Lipinski definition) is 1.